The minimum Gasteiger partial charge on any atom is -0.385 e. The number of carbonyl (C=O) groups is 1. The Morgan fingerprint density at radius 3 is 3.09 bits per heavy atom. The summed E-state index contributed by atoms with van der Waals surface area (Å²) in [6, 6.07) is 8.11. The van der Waals surface area contributed by atoms with Gasteiger partial charge >= 0.3 is 0 Å². The van der Waals surface area contributed by atoms with Crippen molar-refractivity contribution in [3.05, 3.63) is 24.3 Å². The zero-order chi connectivity index (χ0) is 16.2. The van der Waals surface area contributed by atoms with E-state index in [1.165, 1.54) is 11.8 Å². The van der Waals surface area contributed by atoms with E-state index in [2.05, 4.69) is 21.6 Å². The molecule has 2 aromatic heterocycles. The Hall–Kier alpha value is -1.64. The van der Waals surface area contributed by atoms with E-state index in [0.717, 1.165) is 26.8 Å². The lowest BCUT2D eigenvalue weighted by atomic mass is 10.3. The number of para-hydroxylation sites is 1. The summed E-state index contributed by atoms with van der Waals surface area (Å²) in [4.78, 5) is 13.0. The standard InChI is InChI=1S/C15H18N4O2S2/c1-10(13(20)16-8-5-9-21-2)22-14-17-18-15-19(14)11-6-3-4-7-12(11)23-15/h3-4,6-7,10H,5,8-9H2,1-2H3,(H,16,20). The average Bonchev–Trinajstić information content (AvgIpc) is 3.11. The van der Waals surface area contributed by atoms with Crippen LogP contribution in [-0.2, 0) is 9.53 Å². The first-order valence-corrected chi connectivity index (χ1v) is 9.06. The fourth-order valence-electron chi connectivity index (χ4n) is 2.22. The summed E-state index contributed by atoms with van der Waals surface area (Å²) in [5.41, 5.74) is 1.08. The van der Waals surface area contributed by atoms with Crippen LogP contribution in [0.15, 0.2) is 29.4 Å². The predicted octanol–water partition coefficient (Wildman–Crippen LogP) is 2.58. The highest BCUT2D eigenvalue weighted by molar-refractivity contribution is 8.00. The molecule has 0 aliphatic carbocycles. The summed E-state index contributed by atoms with van der Waals surface area (Å²) >= 11 is 3.02. The molecule has 2 heterocycles. The van der Waals surface area contributed by atoms with Gasteiger partial charge in [0.1, 0.15) is 0 Å². The summed E-state index contributed by atoms with van der Waals surface area (Å²) in [7, 11) is 1.65. The molecular formula is C15H18N4O2S2. The van der Waals surface area contributed by atoms with Crippen LogP contribution >= 0.6 is 23.1 Å². The highest BCUT2D eigenvalue weighted by atomic mass is 32.2. The van der Waals surface area contributed by atoms with Crippen molar-refractivity contribution < 1.29 is 9.53 Å². The zero-order valence-electron chi connectivity index (χ0n) is 13.0. The van der Waals surface area contributed by atoms with E-state index in [-0.39, 0.29) is 11.2 Å². The summed E-state index contributed by atoms with van der Waals surface area (Å²) < 4.78 is 8.15. The Kier molecular flexibility index (Phi) is 5.14. The van der Waals surface area contributed by atoms with Crippen LogP contribution in [0.2, 0.25) is 0 Å². The number of benzene rings is 1. The first-order chi connectivity index (χ1) is 11.2. The van der Waals surface area contributed by atoms with Gasteiger partial charge in [0.2, 0.25) is 10.9 Å². The van der Waals surface area contributed by atoms with Gasteiger partial charge in [0.15, 0.2) is 5.16 Å². The van der Waals surface area contributed by atoms with Crippen LogP contribution in [0, 0.1) is 0 Å². The maximum atomic E-state index is 12.1. The van der Waals surface area contributed by atoms with Gasteiger partial charge in [-0.15, -0.1) is 10.2 Å². The molecule has 1 amide bonds. The number of thioether (sulfide) groups is 1. The number of rotatable bonds is 7. The van der Waals surface area contributed by atoms with Crippen molar-refractivity contribution >= 4 is 44.2 Å². The molecule has 1 N–H and O–H groups in total. The molecule has 0 fully saturated rings. The number of aromatic nitrogens is 3. The van der Waals surface area contributed by atoms with Crippen molar-refractivity contribution in [2.24, 2.45) is 0 Å². The largest absolute Gasteiger partial charge is 0.385 e. The fourth-order valence-corrected chi connectivity index (χ4v) is 4.12. The van der Waals surface area contributed by atoms with Crippen LogP contribution in [0.4, 0.5) is 0 Å². The van der Waals surface area contributed by atoms with Gasteiger partial charge in [0.05, 0.1) is 15.5 Å². The normalized spacial score (nSPS) is 12.8. The summed E-state index contributed by atoms with van der Waals surface area (Å²) in [5, 5.41) is 11.9. The molecule has 0 aliphatic rings. The molecular weight excluding hydrogens is 332 g/mol. The lowest BCUT2D eigenvalue weighted by Gasteiger charge is -2.10. The molecule has 3 rings (SSSR count). The topological polar surface area (TPSA) is 68.5 Å². The van der Waals surface area contributed by atoms with Crippen LogP contribution in [0.1, 0.15) is 13.3 Å². The number of nitrogens with one attached hydrogen (secondary N) is 1. The molecule has 3 aromatic rings. The van der Waals surface area contributed by atoms with Crippen LogP contribution in [0.25, 0.3) is 15.2 Å². The van der Waals surface area contributed by atoms with Gasteiger partial charge < -0.3 is 10.1 Å². The van der Waals surface area contributed by atoms with Crippen LogP contribution < -0.4 is 5.32 Å². The molecule has 6 nitrogen and oxygen atoms in total. The molecule has 1 aromatic carbocycles. The van der Waals surface area contributed by atoms with Gasteiger partial charge in [-0.05, 0) is 25.5 Å². The minimum absolute atomic E-state index is 0.00221. The number of amides is 1. The Balaban J connectivity index is 1.72. The van der Waals surface area contributed by atoms with Gasteiger partial charge in [0, 0.05) is 20.3 Å². The van der Waals surface area contributed by atoms with Gasteiger partial charge in [0.25, 0.3) is 0 Å². The monoisotopic (exact) mass is 350 g/mol. The van der Waals surface area contributed by atoms with E-state index in [1.54, 1.807) is 18.4 Å². The minimum atomic E-state index is -0.233. The molecule has 0 aliphatic heterocycles. The van der Waals surface area contributed by atoms with Gasteiger partial charge in [-0.1, -0.05) is 35.2 Å². The van der Waals surface area contributed by atoms with E-state index < -0.39 is 0 Å². The van der Waals surface area contributed by atoms with E-state index in [0.29, 0.717) is 13.2 Å². The fraction of sp³-hybridized carbons (Fsp3) is 0.400. The lowest BCUT2D eigenvalue weighted by molar-refractivity contribution is -0.120. The molecule has 122 valence electrons. The van der Waals surface area contributed by atoms with Crippen molar-refractivity contribution in [3.8, 4) is 0 Å². The second kappa shape index (κ2) is 7.29. The molecule has 0 radical (unpaired) electrons. The van der Waals surface area contributed by atoms with Gasteiger partial charge in [-0.2, -0.15) is 0 Å². The number of thiazole rings is 1. The summed E-state index contributed by atoms with van der Waals surface area (Å²) in [6.07, 6.45) is 0.809. The quantitative estimate of drug-likeness (QED) is 0.524. The number of hydrogen-bond donors (Lipinski definition) is 1. The number of carbonyl (C=O) groups excluding carboxylic acids is 1. The Morgan fingerprint density at radius 1 is 1.43 bits per heavy atom. The Labute approximate surface area is 142 Å². The molecule has 0 saturated carbocycles. The van der Waals surface area contributed by atoms with E-state index >= 15 is 0 Å². The molecule has 1 atom stereocenters. The number of nitrogens with zero attached hydrogens (tertiary/aromatic N) is 3. The first kappa shape index (κ1) is 16.2. The zero-order valence-corrected chi connectivity index (χ0v) is 14.6. The average molecular weight is 350 g/mol. The number of ether oxygens (including phenoxy) is 1. The third-order valence-electron chi connectivity index (χ3n) is 3.39. The summed E-state index contributed by atoms with van der Waals surface area (Å²) in [5.74, 6) is 0.00221. The van der Waals surface area contributed by atoms with E-state index in [9.17, 15) is 4.79 Å². The highest BCUT2D eigenvalue weighted by Gasteiger charge is 2.19. The van der Waals surface area contributed by atoms with Crippen LogP contribution in [0.5, 0.6) is 0 Å². The third-order valence-corrected chi connectivity index (χ3v) is 5.44. The number of methoxy groups -OCH3 is 1. The molecule has 1 unspecified atom stereocenters. The van der Waals surface area contributed by atoms with Gasteiger partial charge in [-0.3, -0.25) is 9.20 Å². The van der Waals surface area contributed by atoms with Crippen LogP contribution in [-0.4, -0.2) is 46.0 Å². The summed E-state index contributed by atoms with van der Waals surface area (Å²) in [6.45, 7) is 3.15. The van der Waals surface area contributed by atoms with Gasteiger partial charge in [-0.25, -0.2) is 0 Å². The lowest BCUT2D eigenvalue weighted by Crippen LogP contribution is -2.32. The predicted molar refractivity (Wildman–Crippen MR) is 93.2 cm³/mol. The van der Waals surface area contributed by atoms with E-state index in [4.69, 9.17) is 4.74 Å². The third kappa shape index (κ3) is 3.49. The van der Waals surface area contributed by atoms with Crippen molar-refractivity contribution in [1.29, 1.82) is 0 Å². The first-order valence-electron chi connectivity index (χ1n) is 7.36. The second-order valence-electron chi connectivity index (χ2n) is 5.07. The maximum Gasteiger partial charge on any atom is 0.233 e. The molecule has 0 bridgehead atoms. The van der Waals surface area contributed by atoms with E-state index in [1.807, 2.05) is 29.5 Å². The van der Waals surface area contributed by atoms with Crippen molar-refractivity contribution in [2.45, 2.75) is 23.8 Å². The van der Waals surface area contributed by atoms with Crippen molar-refractivity contribution in [3.63, 3.8) is 0 Å². The Bertz CT molecular complexity index is 814. The Morgan fingerprint density at radius 2 is 2.26 bits per heavy atom. The molecule has 23 heavy (non-hydrogen) atoms. The van der Waals surface area contributed by atoms with Crippen LogP contribution in [0.3, 0.4) is 0 Å². The molecule has 0 spiro atoms. The van der Waals surface area contributed by atoms with Crippen molar-refractivity contribution in [1.82, 2.24) is 19.9 Å². The second-order valence-corrected chi connectivity index (χ2v) is 7.38. The van der Waals surface area contributed by atoms with Crippen molar-refractivity contribution in [2.75, 3.05) is 20.3 Å². The maximum absolute atomic E-state index is 12.1. The number of hydrogen-bond acceptors (Lipinski definition) is 6. The number of fused-ring (bicyclic) bond motifs is 3. The SMILES string of the molecule is COCCCNC(=O)C(C)Sc1nnc2sc3ccccc3n12. The molecule has 0 saturated heterocycles. The smallest absolute Gasteiger partial charge is 0.233 e. The highest BCUT2D eigenvalue weighted by Crippen LogP contribution is 2.30. The molecule has 8 heteroatoms.